The first-order valence-electron chi connectivity index (χ1n) is 6.47. The summed E-state index contributed by atoms with van der Waals surface area (Å²) in [6.45, 7) is 0. The zero-order valence-electron chi connectivity index (χ0n) is 10.7. The number of rotatable bonds is 4. The van der Waals surface area contributed by atoms with E-state index in [0.29, 0.717) is 17.9 Å². The molecular formula is C15H13FN2O2. The number of aromatic carboxylic acids is 1. The molecule has 1 heterocycles. The lowest BCUT2D eigenvalue weighted by atomic mass is 10.1. The zero-order chi connectivity index (χ0) is 14.1. The van der Waals surface area contributed by atoms with Crippen LogP contribution in [0.4, 0.5) is 4.39 Å². The van der Waals surface area contributed by atoms with Gasteiger partial charge < -0.3 is 5.11 Å². The van der Waals surface area contributed by atoms with E-state index in [1.54, 1.807) is 12.1 Å². The highest BCUT2D eigenvalue weighted by Crippen LogP contribution is 2.40. The molecule has 1 aromatic heterocycles. The molecule has 1 saturated carbocycles. The van der Waals surface area contributed by atoms with Gasteiger partial charge in [0.1, 0.15) is 11.6 Å². The maximum Gasteiger partial charge on any atom is 0.339 e. The number of nitrogens with zero attached hydrogens (tertiary/aromatic N) is 2. The van der Waals surface area contributed by atoms with Crippen molar-refractivity contribution in [3.63, 3.8) is 0 Å². The number of carbonyl (C=O) groups is 1. The Balaban J connectivity index is 1.88. The third-order valence-electron chi connectivity index (χ3n) is 3.34. The molecule has 1 aliphatic rings. The maximum atomic E-state index is 12.8. The van der Waals surface area contributed by atoms with E-state index in [1.807, 2.05) is 0 Å². The normalized spacial score (nSPS) is 14.2. The van der Waals surface area contributed by atoms with Crippen LogP contribution in [-0.4, -0.2) is 21.0 Å². The van der Waals surface area contributed by atoms with Gasteiger partial charge in [-0.1, -0.05) is 12.1 Å². The van der Waals surface area contributed by atoms with E-state index < -0.39 is 5.97 Å². The molecule has 0 aliphatic heterocycles. The van der Waals surface area contributed by atoms with E-state index >= 15 is 0 Å². The van der Waals surface area contributed by atoms with Crippen LogP contribution < -0.4 is 0 Å². The minimum absolute atomic E-state index is 0.190. The summed E-state index contributed by atoms with van der Waals surface area (Å²) in [5.74, 6) is -0.450. The first kappa shape index (κ1) is 12.7. The highest BCUT2D eigenvalue weighted by Gasteiger charge is 2.30. The minimum Gasteiger partial charge on any atom is -0.478 e. The van der Waals surface area contributed by atoms with Gasteiger partial charge in [-0.25, -0.2) is 19.2 Å². The smallest absolute Gasteiger partial charge is 0.339 e. The average Bonchev–Trinajstić information content (AvgIpc) is 3.25. The number of aromatic nitrogens is 2. The minimum atomic E-state index is -0.986. The van der Waals surface area contributed by atoms with Crippen LogP contribution in [0, 0.1) is 5.82 Å². The molecule has 5 heteroatoms. The van der Waals surface area contributed by atoms with Crippen molar-refractivity contribution in [2.45, 2.75) is 25.2 Å². The fraction of sp³-hybridized carbons (Fsp3) is 0.267. The topological polar surface area (TPSA) is 63.1 Å². The van der Waals surface area contributed by atoms with Crippen molar-refractivity contribution < 1.29 is 14.3 Å². The average molecular weight is 272 g/mol. The number of carboxylic acids is 1. The van der Waals surface area contributed by atoms with Crippen LogP contribution in [0.25, 0.3) is 0 Å². The molecule has 20 heavy (non-hydrogen) atoms. The van der Waals surface area contributed by atoms with E-state index in [0.717, 1.165) is 18.4 Å². The Morgan fingerprint density at radius 3 is 2.60 bits per heavy atom. The Bertz CT molecular complexity index is 651. The molecule has 0 unspecified atom stereocenters. The SMILES string of the molecule is O=C(O)c1cnc(Cc2ccc(F)cc2)nc1C1CC1. The van der Waals surface area contributed by atoms with E-state index in [-0.39, 0.29) is 17.3 Å². The molecule has 2 aromatic rings. The van der Waals surface area contributed by atoms with Gasteiger partial charge in [0.15, 0.2) is 0 Å². The molecule has 1 N–H and O–H groups in total. The lowest BCUT2D eigenvalue weighted by Gasteiger charge is -2.06. The second-order valence-electron chi connectivity index (χ2n) is 4.97. The Kier molecular flexibility index (Phi) is 3.18. The third kappa shape index (κ3) is 2.66. The Morgan fingerprint density at radius 2 is 2.00 bits per heavy atom. The van der Waals surface area contributed by atoms with E-state index in [4.69, 9.17) is 5.11 Å². The molecule has 3 rings (SSSR count). The Morgan fingerprint density at radius 1 is 1.30 bits per heavy atom. The first-order chi connectivity index (χ1) is 9.63. The van der Waals surface area contributed by atoms with Gasteiger partial charge in [0.25, 0.3) is 0 Å². The molecule has 1 aliphatic carbocycles. The second kappa shape index (κ2) is 5.00. The van der Waals surface area contributed by atoms with Crippen molar-refractivity contribution in [1.82, 2.24) is 9.97 Å². The van der Waals surface area contributed by atoms with Crippen LogP contribution in [0.2, 0.25) is 0 Å². The van der Waals surface area contributed by atoms with Crippen molar-refractivity contribution in [2.75, 3.05) is 0 Å². The summed E-state index contributed by atoms with van der Waals surface area (Å²) >= 11 is 0. The second-order valence-corrected chi connectivity index (χ2v) is 4.97. The molecule has 1 fully saturated rings. The molecular weight excluding hydrogens is 259 g/mol. The highest BCUT2D eigenvalue weighted by molar-refractivity contribution is 5.88. The van der Waals surface area contributed by atoms with Gasteiger partial charge >= 0.3 is 5.97 Å². The zero-order valence-corrected chi connectivity index (χ0v) is 10.7. The van der Waals surface area contributed by atoms with Crippen LogP contribution in [0.3, 0.4) is 0 Å². The van der Waals surface area contributed by atoms with Gasteiger partial charge in [-0.2, -0.15) is 0 Å². The van der Waals surface area contributed by atoms with Crippen LogP contribution in [0.1, 0.15) is 46.2 Å². The van der Waals surface area contributed by atoms with Gasteiger partial charge in [-0.05, 0) is 30.5 Å². The summed E-state index contributed by atoms with van der Waals surface area (Å²) in [4.78, 5) is 19.6. The molecule has 0 saturated heterocycles. The first-order valence-corrected chi connectivity index (χ1v) is 6.47. The van der Waals surface area contributed by atoms with E-state index in [9.17, 15) is 9.18 Å². The third-order valence-corrected chi connectivity index (χ3v) is 3.34. The van der Waals surface area contributed by atoms with Crippen molar-refractivity contribution in [1.29, 1.82) is 0 Å². The molecule has 0 amide bonds. The van der Waals surface area contributed by atoms with Gasteiger partial charge in [-0.3, -0.25) is 0 Å². The fourth-order valence-corrected chi connectivity index (χ4v) is 2.14. The Hall–Kier alpha value is -2.30. The summed E-state index contributed by atoms with van der Waals surface area (Å²) in [5, 5.41) is 9.13. The molecule has 4 nitrogen and oxygen atoms in total. The summed E-state index contributed by atoms with van der Waals surface area (Å²) in [6, 6.07) is 6.15. The molecule has 0 bridgehead atoms. The molecule has 0 atom stereocenters. The molecule has 0 radical (unpaired) electrons. The summed E-state index contributed by atoms with van der Waals surface area (Å²) in [5.41, 5.74) is 1.72. The number of hydrogen-bond acceptors (Lipinski definition) is 3. The van der Waals surface area contributed by atoms with Gasteiger partial charge in [0.2, 0.25) is 0 Å². The fourth-order valence-electron chi connectivity index (χ4n) is 2.14. The van der Waals surface area contributed by atoms with Gasteiger partial charge in [0.05, 0.1) is 11.3 Å². The van der Waals surface area contributed by atoms with Crippen molar-refractivity contribution in [2.24, 2.45) is 0 Å². The lowest BCUT2D eigenvalue weighted by molar-refractivity contribution is 0.0694. The van der Waals surface area contributed by atoms with Gasteiger partial charge in [-0.15, -0.1) is 0 Å². The summed E-state index contributed by atoms with van der Waals surface area (Å²) in [6.07, 6.45) is 3.81. The number of halogens is 1. The van der Waals surface area contributed by atoms with Crippen LogP contribution in [0.15, 0.2) is 30.5 Å². The number of carboxylic acid groups (broad SMARTS) is 1. The van der Waals surface area contributed by atoms with Crippen molar-refractivity contribution in [3.05, 3.63) is 58.9 Å². The highest BCUT2D eigenvalue weighted by atomic mass is 19.1. The lowest BCUT2D eigenvalue weighted by Crippen LogP contribution is -2.08. The van der Waals surface area contributed by atoms with Crippen LogP contribution >= 0.6 is 0 Å². The molecule has 1 aromatic carbocycles. The summed E-state index contributed by atoms with van der Waals surface area (Å²) in [7, 11) is 0. The van der Waals surface area contributed by atoms with Crippen LogP contribution in [-0.2, 0) is 6.42 Å². The quantitative estimate of drug-likeness (QED) is 0.929. The Labute approximate surface area is 115 Å². The van der Waals surface area contributed by atoms with Gasteiger partial charge in [0, 0.05) is 18.5 Å². The van der Waals surface area contributed by atoms with Crippen molar-refractivity contribution in [3.8, 4) is 0 Å². The summed E-state index contributed by atoms with van der Waals surface area (Å²) < 4.78 is 12.8. The van der Waals surface area contributed by atoms with E-state index in [1.165, 1.54) is 18.3 Å². The standard InChI is InChI=1S/C15H13FN2O2/c16-11-5-1-9(2-6-11)7-13-17-8-12(15(19)20)14(18-13)10-3-4-10/h1-2,5-6,8,10H,3-4,7H2,(H,19,20). The van der Waals surface area contributed by atoms with Crippen molar-refractivity contribution >= 4 is 5.97 Å². The molecule has 0 spiro atoms. The monoisotopic (exact) mass is 272 g/mol. The van der Waals surface area contributed by atoms with Crippen LogP contribution in [0.5, 0.6) is 0 Å². The predicted molar refractivity (Wildman–Crippen MR) is 70.2 cm³/mol. The largest absolute Gasteiger partial charge is 0.478 e. The maximum absolute atomic E-state index is 12.8. The number of benzene rings is 1. The molecule has 102 valence electrons. The predicted octanol–water partition coefficient (Wildman–Crippen LogP) is 2.78. The van der Waals surface area contributed by atoms with E-state index in [2.05, 4.69) is 9.97 Å². The number of hydrogen-bond donors (Lipinski definition) is 1.